The zero-order valence-electron chi connectivity index (χ0n) is 18.3. The van der Waals surface area contributed by atoms with Gasteiger partial charge >= 0.3 is 0 Å². The lowest BCUT2D eigenvalue weighted by molar-refractivity contribution is 0.0346. The lowest BCUT2D eigenvalue weighted by Gasteiger charge is -2.47. The number of benzene rings is 1. The molecule has 1 heterocycles. The van der Waals surface area contributed by atoms with Crippen molar-refractivity contribution in [2.24, 2.45) is 11.8 Å². The number of hydrogen-bond donors (Lipinski definition) is 1. The number of halogens is 1. The van der Waals surface area contributed by atoms with E-state index in [1.165, 1.54) is 38.5 Å². The van der Waals surface area contributed by atoms with Crippen LogP contribution < -0.4 is 19.5 Å². The van der Waals surface area contributed by atoms with E-state index in [9.17, 15) is 4.79 Å². The number of methoxy groups -OCH3 is 3. The third-order valence-electron chi connectivity index (χ3n) is 7.19. The predicted octanol–water partition coefficient (Wildman–Crippen LogP) is 3.91. The highest BCUT2D eigenvalue weighted by atomic mass is 35.5. The number of rotatable bonds is 6. The first kappa shape index (κ1) is 23.0. The Kier molecular flexibility index (Phi) is 7.75. The summed E-state index contributed by atoms with van der Waals surface area (Å²) >= 11 is 0. The Bertz CT molecular complexity index is 722. The fourth-order valence-corrected chi connectivity index (χ4v) is 5.88. The second kappa shape index (κ2) is 10.1. The maximum Gasteiger partial charge on any atom is 0.255 e. The first-order valence-corrected chi connectivity index (χ1v) is 11.0. The van der Waals surface area contributed by atoms with Crippen LogP contribution in [0.5, 0.6) is 17.2 Å². The minimum Gasteiger partial charge on any atom is -0.496 e. The Labute approximate surface area is 186 Å². The number of hydrogen-bond acceptors (Lipinski definition) is 5. The van der Waals surface area contributed by atoms with Crippen molar-refractivity contribution in [1.29, 1.82) is 0 Å². The normalized spacial score (nSPS) is 28.4. The van der Waals surface area contributed by atoms with Crippen molar-refractivity contribution in [1.82, 2.24) is 10.2 Å². The smallest absolute Gasteiger partial charge is 0.255 e. The second-order valence-corrected chi connectivity index (χ2v) is 8.73. The molecule has 0 spiro atoms. The van der Waals surface area contributed by atoms with Gasteiger partial charge in [0.25, 0.3) is 5.91 Å². The summed E-state index contributed by atoms with van der Waals surface area (Å²) in [6.45, 7) is 2.05. The monoisotopic (exact) mass is 438 g/mol. The zero-order valence-corrected chi connectivity index (χ0v) is 19.1. The van der Waals surface area contributed by atoms with E-state index in [0.717, 1.165) is 37.4 Å². The Balaban J connectivity index is 0.00000256. The molecular formula is C23H35ClN2O4. The molecular weight excluding hydrogens is 404 g/mol. The van der Waals surface area contributed by atoms with E-state index < -0.39 is 0 Å². The molecule has 3 fully saturated rings. The third-order valence-corrected chi connectivity index (χ3v) is 7.19. The van der Waals surface area contributed by atoms with Gasteiger partial charge in [-0.05, 0) is 43.9 Å². The number of amides is 1. The van der Waals surface area contributed by atoms with Crippen molar-refractivity contribution in [3.05, 3.63) is 17.7 Å². The van der Waals surface area contributed by atoms with Gasteiger partial charge in [-0.2, -0.15) is 0 Å². The van der Waals surface area contributed by atoms with E-state index in [0.29, 0.717) is 22.8 Å². The highest BCUT2D eigenvalue weighted by Crippen LogP contribution is 2.43. The molecule has 6 nitrogen and oxygen atoms in total. The van der Waals surface area contributed by atoms with Crippen LogP contribution in [0.1, 0.15) is 55.3 Å². The molecule has 3 aliphatic rings. The third kappa shape index (κ3) is 4.50. The average molecular weight is 439 g/mol. The van der Waals surface area contributed by atoms with Crippen LogP contribution >= 0.6 is 12.4 Å². The molecule has 1 aromatic carbocycles. The van der Waals surface area contributed by atoms with Crippen LogP contribution in [0.3, 0.4) is 0 Å². The summed E-state index contributed by atoms with van der Waals surface area (Å²) in [6.07, 6.45) is 9.36. The Morgan fingerprint density at radius 3 is 2.03 bits per heavy atom. The van der Waals surface area contributed by atoms with E-state index in [1.807, 2.05) is 0 Å². The summed E-state index contributed by atoms with van der Waals surface area (Å²) in [5.41, 5.74) is 0.484. The molecule has 2 aliphatic carbocycles. The fraction of sp³-hybridized carbons (Fsp3) is 0.696. The van der Waals surface area contributed by atoms with Crippen LogP contribution in [0.4, 0.5) is 0 Å². The van der Waals surface area contributed by atoms with Crippen LogP contribution in [0.15, 0.2) is 12.1 Å². The molecule has 1 saturated heterocycles. The van der Waals surface area contributed by atoms with Gasteiger partial charge in [-0.15, -0.1) is 12.4 Å². The summed E-state index contributed by atoms with van der Waals surface area (Å²) in [5, 5.41) is 3.24. The van der Waals surface area contributed by atoms with E-state index >= 15 is 0 Å². The molecule has 1 aliphatic heterocycles. The van der Waals surface area contributed by atoms with Crippen molar-refractivity contribution >= 4 is 18.3 Å². The molecule has 1 N–H and O–H groups in total. The zero-order chi connectivity index (χ0) is 20.4. The Hall–Kier alpha value is -1.66. The van der Waals surface area contributed by atoms with Crippen LogP contribution in [0.25, 0.3) is 0 Å². The van der Waals surface area contributed by atoms with Gasteiger partial charge in [-0.25, -0.2) is 0 Å². The van der Waals surface area contributed by atoms with Gasteiger partial charge in [-0.1, -0.05) is 12.8 Å². The molecule has 0 radical (unpaired) electrons. The summed E-state index contributed by atoms with van der Waals surface area (Å²) in [6, 6.07) is 4.32. The number of nitrogens with one attached hydrogen (secondary N) is 1. The van der Waals surface area contributed by atoms with Gasteiger partial charge in [-0.3, -0.25) is 9.69 Å². The highest BCUT2D eigenvalue weighted by Gasteiger charge is 2.42. The lowest BCUT2D eigenvalue weighted by Crippen LogP contribution is -2.50. The van der Waals surface area contributed by atoms with E-state index in [4.69, 9.17) is 14.2 Å². The topological polar surface area (TPSA) is 60.0 Å². The van der Waals surface area contributed by atoms with Crippen molar-refractivity contribution < 1.29 is 19.0 Å². The molecule has 1 aromatic rings. The quantitative estimate of drug-likeness (QED) is 0.729. The largest absolute Gasteiger partial charge is 0.496 e. The van der Waals surface area contributed by atoms with Crippen molar-refractivity contribution in [2.45, 2.75) is 57.0 Å². The number of carbonyl (C=O) groups is 1. The Morgan fingerprint density at radius 2 is 1.47 bits per heavy atom. The Morgan fingerprint density at radius 1 is 0.900 bits per heavy atom. The summed E-state index contributed by atoms with van der Waals surface area (Å²) in [4.78, 5) is 15.7. The molecule has 1 amide bonds. The number of carbonyl (C=O) groups excluding carboxylic acids is 1. The van der Waals surface area contributed by atoms with Crippen LogP contribution in [-0.2, 0) is 0 Å². The van der Waals surface area contributed by atoms with Crippen molar-refractivity contribution in [3.63, 3.8) is 0 Å². The minimum absolute atomic E-state index is 0. The molecule has 7 heteroatoms. The number of likely N-dealkylation sites (tertiary alicyclic amines) is 1. The van der Waals surface area contributed by atoms with E-state index in [1.54, 1.807) is 33.5 Å². The van der Waals surface area contributed by atoms with Crippen LogP contribution in [0.2, 0.25) is 0 Å². The van der Waals surface area contributed by atoms with E-state index in [-0.39, 0.29) is 24.4 Å². The van der Waals surface area contributed by atoms with Gasteiger partial charge in [0.15, 0.2) is 11.5 Å². The highest BCUT2D eigenvalue weighted by molar-refractivity contribution is 5.98. The minimum atomic E-state index is -0.113. The molecule has 2 saturated carbocycles. The second-order valence-electron chi connectivity index (χ2n) is 8.73. The fourth-order valence-electron chi connectivity index (χ4n) is 5.88. The molecule has 2 bridgehead atoms. The van der Waals surface area contributed by atoms with Gasteiger partial charge in [0, 0.05) is 37.3 Å². The van der Waals surface area contributed by atoms with E-state index in [2.05, 4.69) is 10.2 Å². The maximum atomic E-state index is 13.0. The average Bonchev–Trinajstić information content (AvgIpc) is 3.20. The predicted molar refractivity (Wildman–Crippen MR) is 119 cm³/mol. The summed E-state index contributed by atoms with van der Waals surface area (Å²) < 4.78 is 16.1. The number of nitrogens with zero attached hydrogens (tertiary/aromatic N) is 1. The molecule has 0 unspecified atom stereocenters. The van der Waals surface area contributed by atoms with Gasteiger partial charge in [0.05, 0.1) is 26.9 Å². The summed E-state index contributed by atoms with van der Waals surface area (Å²) in [5.74, 6) is 3.19. The molecule has 1 atom stereocenters. The maximum absolute atomic E-state index is 13.0. The van der Waals surface area contributed by atoms with Gasteiger partial charge in [0.1, 0.15) is 5.75 Å². The first-order valence-electron chi connectivity index (χ1n) is 11.0. The number of fused-ring (bicyclic) bond motifs is 2. The van der Waals surface area contributed by atoms with Gasteiger partial charge < -0.3 is 19.5 Å². The molecule has 4 rings (SSSR count). The summed E-state index contributed by atoms with van der Waals surface area (Å²) in [7, 11) is 4.71. The lowest BCUT2D eigenvalue weighted by atomic mass is 9.68. The standard InChI is InChI=1S/C23H34N2O4.ClH/c1-27-19-13-21(29-3)20(28-2)12-18(19)23(26)24-17-10-11-25(14-17)22-15-6-4-7-16(22)9-5-8-15;/h12-13,15-17,22H,4-11,14H2,1-3H3,(H,24,26);1H/t15?,16?,17-,22?;/m0./s1. The van der Waals surface area contributed by atoms with Gasteiger partial charge in [0.2, 0.25) is 0 Å². The first-order chi connectivity index (χ1) is 14.1. The number of ether oxygens (including phenoxy) is 3. The SMILES string of the molecule is COc1cc(OC)c(C(=O)N[C@H]2CCN(C3C4CCCC3CCC4)C2)cc1OC.Cl. The molecule has 0 aromatic heterocycles. The van der Waals surface area contributed by atoms with Crippen LogP contribution in [0, 0.1) is 11.8 Å². The molecule has 168 valence electrons. The van der Waals surface area contributed by atoms with Crippen LogP contribution in [-0.4, -0.2) is 57.3 Å². The van der Waals surface area contributed by atoms with Crippen molar-refractivity contribution in [2.75, 3.05) is 34.4 Å². The molecule has 30 heavy (non-hydrogen) atoms. The van der Waals surface area contributed by atoms with Crippen molar-refractivity contribution in [3.8, 4) is 17.2 Å².